The van der Waals surface area contributed by atoms with Crippen LogP contribution < -0.4 is 5.73 Å². The number of hydrogen-bond acceptors (Lipinski definition) is 4. The predicted octanol–water partition coefficient (Wildman–Crippen LogP) is 2.72. The van der Waals surface area contributed by atoms with E-state index in [-0.39, 0.29) is 12.2 Å². The van der Waals surface area contributed by atoms with Gasteiger partial charge in [0.05, 0.1) is 6.42 Å². The second-order valence-electron chi connectivity index (χ2n) is 6.78. The average molecular weight is 345 g/mol. The summed E-state index contributed by atoms with van der Waals surface area (Å²) in [6.07, 6.45) is 6.07. The highest BCUT2D eigenvalue weighted by Crippen LogP contribution is 2.51. The van der Waals surface area contributed by atoms with E-state index in [1.165, 1.54) is 0 Å². The van der Waals surface area contributed by atoms with E-state index < -0.39 is 23.1 Å². The number of hydrogen-bond donors (Lipinski definition) is 2. The van der Waals surface area contributed by atoms with E-state index in [1.54, 1.807) is 0 Å². The van der Waals surface area contributed by atoms with Crippen LogP contribution in [0.5, 0.6) is 0 Å². The molecule has 0 bridgehead atoms. The van der Waals surface area contributed by atoms with Gasteiger partial charge in [-0.25, -0.2) is 4.79 Å². The Morgan fingerprint density at radius 2 is 1.72 bits per heavy atom. The highest BCUT2D eigenvalue weighted by atomic mass is 16.7. The van der Waals surface area contributed by atoms with Gasteiger partial charge in [-0.05, 0) is 18.4 Å². The molecule has 1 aromatic rings. The Balaban J connectivity index is 2.03. The van der Waals surface area contributed by atoms with E-state index in [9.17, 15) is 14.7 Å². The number of carbonyl (C=O) groups excluding carboxylic acids is 1. The van der Waals surface area contributed by atoms with Gasteiger partial charge in [0.25, 0.3) is 5.79 Å². The fourth-order valence-electron chi connectivity index (χ4n) is 3.94. The fraction of sp³-hybridized carbons (Fsp3) is 0.474. The molecule has 25 heavy (non-hydrogen) atoms. The van der Waals surface area contributed by atoms with E-state index in [4.69, 9.17) is 15.2 Å². The number of ether oxygens (including phenoxy) is 2. The summed E-state index contributed by atoms with van der Waals surface area (Å²) in [4.78, 5) is 24.0. The number of nitrogens with two attached hydrogens (primary N) is 1. The van der Waals surface area contributed by atoms with Gasteiger partial charge in [-0.2, -0.15) is 0 Å². The highest BCUT2D eigenvalue weighted by molar-refractivity contribution is 5.86. The number of carbonyl (C=O) groups is 2. The number of primary amides is 1. The first-order valence-electron chi connectivity index (χ1n) is 8.63. The van der Waals surface area contributed by atoms with E-state index in [2.05, 4.69) is 0 Å². The van der Waals surface area contributed by atoms with Crippen molar-refractivity contribution < 1.29 is 24.2 Å². The molecule has 1 atom stereocenters. The molecule has 0 aromatic heterocycles. The maximum Gasteiger partial charge on any atom is 0.374 e. The van der Waals surface area contributed by atoms with Gasteiger partial charge in [-0.3, -0.25) is 4.79 Å². The minimum Gasteiger partial charge on any atom is -0.475 e. The molecule has 1 aromatic carbocycles. The van der Waals surface area contributed by atoms with Crippen LogP contribution >= 0.6 is 0 Å². The molecular formula is C19H23NO5. The zero-order valence-electron chi connectivity index (χ0n) is 14.1. The summed E-state index contributed by atoms with van der Waals surface area (Å²) in [6.45, 7) is 0. The van der Waals surface area contributed by atoms with Crippen molar-refractivity contribution in [3.63, 3.8) is 0 Å². The molecule has 134 valence electrons. The standard InChI is InChI=1S/C19H23NO5/c20-17(23)18(10-6-1-2-7-11-18)19(12-14-8-4-3-5-9-14)24-13-15(25-19)16(21)22/h3-5,8-9,13H,1-2,6-7,10-12H2,(H2,20,23)(H,21,22). The van der Waals surface area contributed by atoms with Crippen LogP contribution in [0.4, 0.5) is 0 Å². The number of rotatable bonds is 5. The first kappa shape index (κ1) is 17.3. The Bertz CT molecular complexity index is 676. The Hall–Kier alpha value is -2.50. The number of benzene rings is 1. The number of amides is 1. The van der Waals surface area contributed by atoms with Gasteiger partial charge in [0, 0.05) is 0 Å². The molecule has 6 nitrogen and oxygen atoms in total. The Labute approximate surface area is 146 Å². The number of carboxylic acid groups (broad SMARTS) is 1. The van der Waals surface area contributed by atoms with Crippen molar-refractivity contribution in [1.82, 2.24) is 0 Å². The van der Waals surface area contributed by atoms with Crippen molar-refractivity contribution in [2.45, 2.75) is 50.7 Å². The SMILES string of the molecule is NC(=O)C1(C2(Cc3ccccc3)OC=C(C(=O)O)O2)CCCCCC1. The average Bonchev–Trinajstić information content (AvgIpc) is 2.86. The van der Waals surface area contributed by atoms with Gasteiger partial charge >= 0.3 is 5.97 Å². The molecule has 6 heteroatoms. The maximum absolute atomic E-state index is 12.6. The molecule has 2 aliphatic rings. The van der Waals surface area contributed by atoms with Crippen LogP contribution in [-0.4, -0.2) is 22.8 Å². The van der Waals surface area contributed by atoms with Crippen molar-refractivity contribution >= 4 is 11.9 Å². The predicted molar refractivity (Wildman–Crippen MR) is 90.1 cm³/mol. The number of aliphatic carboxylic acids is 1. The summed E-state index contributed by atoms with van der Waals surface area (Å²) < 4.78 is 11.6. The van der Waals surface area contributed by atoms with E-state index in [1.807, 2.05) is 30.3 Å². The van der Waals surface area contributed by atoms with E-state index >= 15 is 0 Å². The lowest BCUT2D eigenvalue weighted by Crippen LogP contribution is -2.58. The van der Waals surface area contributed by atoms with Gasteiger partial charge < -0.3 is 20.3 Å². The van der Waals surface area contributed by atoms with Crippen molar-refractivity contribution in [2.75, 3.05) is 0 Å². The first-order valence-corrected chi connectivity index (χ1v) is 8.63. The van der Waals surface area contributed by atoms with Gasteiger partial charge in [-0.1, -0.05) is 56.0 Å². The Morgan fingerprint density at radius 1 is 1.08 bits per heavy atom. The Kier molecular flexibility index (Phi) is 4.70. The van der Waals surface area contributed by atoms with Crippen molar-refractivity contribution in [3.05, 3.63) is 47.9 Å². The van der Waals surface area contributed by atoms with Crippen molar-refractivity contribution in [3.8, 4) is 0 Å². The van der Waals surface area contributed by atoms with Crippen LogP contribution in [0.15, 0.2) is 42.4 Å². The first-order chi connectivity index (χ1) is 12.0. The topological polar surface area (TPSA) is 98.9 Å². The van der Waals surface area contributed by atoms with Crippen LogP contribution in [0, 0.1) is 5.41 Å². The lowest BCUT2D eigenvalue weighted by molar-refractivity contribution is -0.231. The van der Waals surface area contributed by atoms with Crippen LogP contribution in [0.3, 0.4) is 0 Å². The summed E-state index contributed by atoms with van der Waals surface area (Å²) in [5.74, 6) is -3.42. The zero-order valence-corrected chi connectivity index (χ0v) is 14.1. The summed E-state index contributed by atoms with van der Waals surface area (Å²) >= 11 is 0. The molecular weight excluding hydrogens is 322 g/mol. The van der Waals surface area contributed by atoms with Gasteiger partial charge in [0.1, 0.15) is 11.7 Å². The molecule has 3 rings (SSSR count). The molecule has 3 N–H and O–H groups in total. The molecule has 0 saturated heterocycles. The third-order valence-electron chi connectivity index (χ3n) is 5.28. The van der Waals surface area contributed by atoms with Crippen LogP contribution in [0.25, 0.3) is 0 Å². The van der Waals surface area contributed by atoms with Crippen molar-refractivity contribution in [1.29, 1.82) is 0 Å². The summed E-state index contributed by atoms with van der Waals surface area (Å²) in [5, 5.41) is 9.30. The third kappa shape index (κ3) is 3.08. The molecule has 1 fully saturated rings. The smallest absolute Gasteiger partial charge is 0.374 e. The minimum absolute atomic E-state index is 0.254. The molecule has 1 amide bonds. The van der Waals surface area contributed by atoms with Crippen molar-refractivity contribution in [2.24, 2.45) is 11.1 Å². The lowest BCUT2D eigenvalue weighted by Gasteiger charge is -2.44. The largest absolute Gasteiger partial charge is 0.475 e. The van der Waals surface area contributed by atoms with Crippen LogP contribution in [-0.2, 0) is 25.5 Å². The molecule has 0 radical (unpaired) electrons. The minimum atomic E-state index is -1.42. The maximum atomic E-state index is 12.6. The van der Waals surface area contributed by atoms with Crippen LogP contribution in [0.1, 0.15) is 44.1 Å². The lowest BCUT2D eigenvalue weighted by atomic mass is 9.70. The summed E-state index contributed by atoms with van der Waals surface area (Å²) in [7, 11) is 0. The molecule has 1 unspecified atom stereocenters. The van der Waals surface area contributed by atoms with E-state index in [0.29, 0.717) is 12.8 Å². The van der Waals surface area contributed by atoms with Gasteiger partial charge in [0.2, 0.25) is 11.7 Å². The highest BCUT2D eigenvalue weighted by Gasteiger charge is 2.61. The molecule has 1 saturated carbocycles. The second-order valence-corrected chi connectivity index (χ2v) is 6.78. The second kappa shape index (κ2) is 6.78. The molecule has 1 heterocycles. The fourth-order valence-corrected chi connectivity index (χ4v) is 3.94. The molecule has 1 aliphatic heterocycles. The zero-order chi connectivity index (χ0) is 17.9. The summed E-state index contributed by atoms with van der Waals surface area (Å²) in [6, 6.07) is 9.46. The third-order valence-corrected chi connectivity index (χ3v) is 5.28. The van der Waals surface area contributed by atoms with Gasteiger partial charge in [0.15, 0.2) is 0 Å². The Morgan fingerprint density at radius 3 is 2.24 bits per heavy atom. The van der Waals surface area contributed by atoms with Crippen LogP contribution in [0.2, 0.25) is 0 Å². The van der Waals surface area contributed by atoms with Gasteiger partial charge in [-0.15, -0.1) is 0 Å². The summed E-state index contributed by atoms with van der Waals surface area (Å²) in [5.41, 5.74) is 5.68. The quantitative estimate of drug-likeness (QED) is 0.800. The monoisotopic (exact) mass is 345 g/mol. The molecule has 0 spiro atoms. The molecule has 1 aliphatic carbocycles. The normalized spacial score (nSPS) is 25.2. The van der Waals surface area contributed by atoms with E-state index in [0.717, 1.165) is 37.5 Å². The number of carboxylic acids is 1.